The topological polar surface area (TPSA) is 85.3 Å². The Morgan fingerprint density at radius 2 is 2.00 bits per heavy atom. The molecule has 5 nitrogen and oxygen atoms in total. The molecule has 1 aromatic heterocycles. The summed E-state index contributed by atoms with van der Waals surface area (Å²) in [5, 5.41) is 10.0. The largest absolute Gasteiger partial charge is 0.478 e. The molecule has 0 spiro atoms. The first-order valence-corrected chi connectivity index (χ1v) is 8.33. The number of nitrogens with zero attached hydrogens (tertiary/aromatic N) is 1. The summed E-state index contributed by atoms with van der Waals surface area (Å²) >= 11 is 0. The second kappa shape index (κ2) is 7.51. The van der Waals surface area contributed by atoms with Crippen LogP contribution >= 0.6 is 0 Å². The van der Waals surface area contributed by atoms with E-state index >= 15 is 0 Å². The summed E-state index contributed by atoms with van der Waals surface area (Å²) in [6, 6.07) is 0.0378. The second-order valence-corrected chi connectivity index (χ2v) is 6.19. The fourth-order valence-electron chi connectivity index (χ4n) is 3.13. The van der Waals surface area contributed by atoms with E-state index in [1.165, 1.54) is 0 Å². The molecule has 0 unspecified atom stereocenters. The third-order valence-corrected chi connectivity index (χ3v) is 4.41. The number of amides is 1. The maximum absolute atomic E-state index is 11.6. The summed E-state index contributed by atoms with van der Waals surface area (Å²) in [5.41, 5.74) is 7.71. The zero-order valence-electron chi connectivity index (χ0n) is 16.5. The molecule has 0 saturated carbocycles. The predicted molar refractivity (Wildman–Crippen MR) is 95.4 cm³/mol. The Labute approximate surface area is 145 Å². The summed E-state index contributed by atoms with van der Waals surface area (Å²) in [6.45, 7) is 3.67. The van der Waals surface area contributed by atoms with Gasteiger partial charge in [-0.05, 0) is 49.4 Å². The Kier molecular flexibility index (Phi) is 4.77. The average Bonchev–Trinajstić information content (AvgIpc) is 2.83. The fraction of sp³-hybridized carbons (Fsp3) is 0.474. The number of carboxylic acids is 1. The van der Waals surface area contributed by atoms with Crippen LogP contribution in [0.4, 0.5) is 0 Å². The van der Waals surface area contributed by atoms with Gasteiger partial charge in [0.05, 0.1) is 8.30 Å². The molecule has 2 rings (SSSR count). The number of rotatable bonds is 8. The Balaban J connectivity index is 2.79. The van der Waals surface area contributed by atoms with Gasteiger partial charge in [0.2, 0.25) is 5.91 Å². The second-order valence-electron chi connectivity index (χ2n) is 6.19. The molecule has 1 amide bonds. The third-order valence-electron chi connectivity index (χ3n) is 4.41. The van der Waals surface area contributed by atoms with Crippen LogP contribution in [0, 0.1) is 6.92 Å². The number of carbonyl (C=O) groups excluding carboxylic acids is 1. The lowest BCUT2D eigenvalue weighted by Gasteiger charge is -2.07. The smallest absolute Gasteiger partial charge is 0.336 e. The van der Waals surface area contributed by atoms with Crippen LogP contribution in [0.3, 0.4) is 0 Å². The normalized spacial score (nSPS) is 12.3. The van der Waals surface area contributed by atoms with E-state index in [0.717, 1.165) is 36.9 Å². The number of fused-ring (bicyclic) bond motifs is 1. The maximum atomic E-state index is 11.6. The highest BCUT2D eigenvalue weighted by Gasteiger charge is 2.18. The summed E-state index contributed by atoms with van der Waals surface area (Å²) in [5.74, 6) is -1.62. The molecule has 1 heterocycles. The molecule has 0 fully saturated rings. The molecule has 3 N–H and O–H groups in total. The van der Waals surface area contributed by atoms with Crippen molar-refractivity contribution in [3.05, 3.63) is 34.5 Å². The Bertz CT molecular complexity index is 872. The number of benzene rings is 1. The van der Waals surface area contributed by atoms with E-state index in [0.29, 0.717) is 17.3 Å². The number of aromatic nitrogens is 1. The van der Waals surface area contributed by atoms with Crippen LogP contribution in [-0.4, -0.2) is 21.6 Å². The molecule has 2 aromatic rings. The highest BCUT2D eigenvalue weighted by atomic mass is 16.4. The first-order chi connectivity index (χ1) is 12.2. The van der Waals surface area contributed by atoms with Gasteiger partial charge in [0.15, 0.2) is 0 Å². The summed E-state index contributed by atoms with van der Waals surface area (Å²) < 4.78 is 18.7. The van der Waals surface area contributed by atoms with E-state index < -0.39 is 11.9 Å². The third kappa shape index (κ3) is 3.61. The van der Waals surface area contributed by atoms with Crippen molar-refractivity contribution in [3.63, 3.8) is 0 Å². The first kappa shape index (κ1) is 15.2. The Hall–Kier alpha value is -2.30. The lowest BCUT2D eigenvalue weighted by atomic mass is 9.99. The van der Waals surface area contributed by atoms with Gasteiger partial charge in [-0.1, -0.05) is 19.8 Å². The number of aryl methyl sites for hydroxylation is 2. The monoisotopic (exact) mass is 332 g/mol. The van der Waals surface area contributed by atoms with Gasteiger partial charge in [0, 0.05) is 30.1 Å². The van der Waals surface area contributed by atoms with E-state index in [1.54, 1.807) is 14.0 Å². The quantitative estimate of drug-likeness (QED) is 0.727. The SMILES string of the molecule is [2H]c1c(C)c(C(=O)O)c([2H])c2c1c(CCC(N)=O)c(CCCCC)n2C. The summed E-state index contributed by atoms with van der Waals surface area (Å²) in [7, 11) is 1.80. The van der Waals surface area contributed by atoms with Crippen LogP contribution in [0.25, 0.3) is 10.9 Å². The van der Waals surface area contributed by atoms with Crippen molar-refractivity contribution in [3.8, 4) is 0 Å². The minimum absolute atomic E-state index is 0.0782. The van der Waals surface area contributed by atoms with Gasteiger partial charge in [-0.2, -0.15) is 0 Å². The van der Waals surface area contributed by atoms with E-state index in [-0.39, 0.29) is 29.6 Å². The Morgan fingerprint density at radius 1 is 1.29 bits per heavy atom. The lowest BCUT2D eigenvalue weighted by molar-refractivity contribution is -0.117. The van der Waals surface area contributed by atoms with Crippen LogP contribution in [0.15, 0.2) is 12.1 Å². The summed E-state index contributed by atoms with van der Waals surface area (Å²) in [6.07, 6.45) is 4.38. The molecule has 130 valence electrons. The molecule has 0 atom stereocenters. The molecular formula is C19H26N2O3. The van der Waals surface area contributed by atoms with Gasteiger partial charge in [0.25, 0.3) is 0 Å². The van der Waals surface area contributed by atoms with E-state index in [4.69, 9.17) is 8.48 Å². The molecule has 0 saturated heterocycles. The molecule has 0 aliphatic rings. The zero-order chi connectivity index (χ0) is 19.6. The minimum Gasteiger partial charge on any atom is -0.478 e. The van der Waals surface area contributed by atoms with Crippen LogP contribution in [-0.2, 0) is 24.7 Å². The molecular weight excluding hydrogens is 304 g/mol. The lowest BCUT2D eigenvalue weighted by Crippen LogP contribution is -2.12. The number of nitrogens with two attached hydrogens (primary N) is 1. The highest BCUT2D eigenvalue weighted by molar-refractivity contribution is 5.97. The summed E-state index contributed by atoms with van der Waals surface area (Å²) in [4.78, 5) is 22.9. The molecule has 1 aromatic carbocycles. The number of primary amides is 1. The van der Waals surface area contributed by atoms with Crippen LogP contribution in [0.2, 0.25) is 0 Å². The average molecular weight is 332 g/mol. The highest BCUT2D eigenvalue weighted by Crippen LogP contribution is 2.30. The zero-order valence-corrected chi connectivity index (χ0v) is 14.5. The van der Waals surface area contributed by atoms with Crippen LogP contribution in [0.1, 0.15) is 62.5 Å². The molecule has 0 aliphatic carbocycles. The van der Waals surface area contributed by atoms with Crippen molar-refractivity contribution in [2.24, 2.45) is 12.8 Å². The van der Waals surface area contributed by atoms with Gasteiger partial charge in [-0.25, -0.2) is 4.79 Å². The van der Waals surface area contributed by atoms with Crippen molar-refractivity contribution < 1.29 is 17.4 Å². The number of aromatic carboxylic acids is 1. The fourth-order valence-corrected chi connectivity index (χ4v) is 3.13. The number of unbranched alkanes of at least 4 members (excludes halogenated alkanes) is 2. The predicted octanol–water partition coefficient (Wildman–Crippen LogP) is 3.34. The van der Waals surface area contributed by atoms with Gasteiger partial charge >= 0.3 is 5.97 Å². The van der Waals surface area contributed by atoms with Gasteiger partial charge in [0.1, 0.15) is 0 Å². The number of hydrogen-bond acceptors (Lipinski definition) is 2. The first-order valence-electron chi connectivity index (χ1n) is 9.33. The van der Waals surface area contributed by atoms with E-state index in [2.05, 4.69) is 6.92 Å². The van der Waals surface area contributed by atoms with Gasteiger partial charge < -0.3 is 15.4 Å². The molecule has 24 heavy (non-hydrogen) atoms. The van der Waals surface area contributed by atoms with Crippen molar-refractivity contribution in [1.82, 2.24) is 4.57 Å². The Morgan fingerprint density at radius 3 is 2.58 bits per heavy atom. The standard InChI is InChI=1S/C19H26N2O3/c1-4-5-6-7-16-13(8-9-18(20)22)15-10-12(2)14(19(23)24)11-17(15)21(16)3/h10-11H,4-9H2,1-3H3,(H2,20,22)(H,23,24)/i10D,11D. The van der Waals surface area contributed by atoms with Gasteiger partial charge in [-0.15, -0.1) is 0 Å². The van der Waals surface area contributed by atoms with Crippen molar-refractivity contribution in [2.45, 2.75) is 52.4 Å². The molecule has 0 bridgehead atoms. The number of hydrogen-bond donors (Lipinski definition) is 2. The van der Waals surface area contributed by atoms with Crippen LogP contribution < -0.4 is 5.73 Å². The van der Waals surface area contributed by atoms with Gasteiger partial charge in [-0.3, -0.25) is 4.79 Å². The molecule has 0 radical (unpaired) electrons. The molecule has 5 heteroatoms. The van der Waals surface area contributed by atoms with Crippen LogP contribution in [0.5, 0.6) is 0 Å². The van der Waals surface area contributed by atoms with Crippen molar-refractivity contribution in [2.75, 3.05) is 0 Å². The number of carbonyl (C=O) groups is 2. The molecule has 0 aliphatic heterocycles. The maximum Gasteiger partial charge on any atom is 0.336 e. The van der Waals surface area contributed by atoms with E-state index in [1.807, 2.05) is 4.57 Å². The van der Waals surface area contributed by atoms with Crippen molar-refractivity contribution >= 4 is 22.8 Å². The van der Waals surface area contributed by atoms with E-state index in [9.17, 15) is 14.7 Å². The minimum atomic E-state index is -1.20. The number of carboxylic acid groups (broad SMARTS) is 1. The van der Waals surface area contributed by atoms with Crippen molar-refractivity contribution in [1.29, 1.82) is 0 Å².